The second-order valence-electron chi connectivity index (χ2n) is 8.08. The van der Waals surface area contributed by atoms with E-state index in [4.69, 9.17) is 4.89 Å². The average Bonchev–Trinajstić information content (AvgIpc) is 2.11. The summed E-state index contributed by atoms with van der Waals surface area (Å²) < 4.78 is 0. The van der Waals surface area contributed by atoms with Gasteiger partial charge in [-0.15, -0.1) is 0 Å². The molecule has 0 saturated heterocycles. The lowest BCUT2D eigenvalue weighted by Gasteiger charge is -2.40. The molecule has 0 aromatic carbocycles. The predicted molar refractivity (Wildman–Crippen MR) is 78.6 cm³/mol. The molecule has 0 bridgehead atoms. The van der Waals surface area contributed by atoms with Crippen LogP contribution in [0.2, 0.25) is 0 Å². The highest BCUT2D eigenvalue weighted by atomic mass is 17.1. The Hall–Kier alpha value is -0.340. The third-order valence-corrected chi connectivity index (χ3v) is 3.40. The summed E-state index contributed by atoms with van der Waals surface area (Å²) in [5, 5.41) is 9.31. The lowest BCUT2D eigenvalue weighted by molar-refractivity contribution is -0.314. The van der Waals surface area contributed by atoms with Gasteiger partial charge in [0, 0.05) is 0 Å². The topological polar surface area (TPSA) is 29.5 Å². The Morgan fingerprint density at radius 3 is 1.78 bits per heavy atom. The minimum Gasteiger partial charge on any atom is -0.251 e. The molecule has 1 N–H and O–H groups in total. The van der Waals surface area contributed by atoms with Crippen molar-refractivity contribution in [1.29, 1.82) is 0 Å². The van der Waals surface area contributed by atoms with E-state index in [1.165, 1.54) is 0 Å². The molecule has 0 aliphatic heterocycles. The van der Waals surface area contributed by atoms with Gasteiger partial charge in [0.1, 0.15) is 5.60 Å². The largest absolute Gasteiger partial charge is 0.251 e. The van der Waals surface area contributed by atoms with Gasteiger partial charge in [-0.2, -0.15) is 0 Å². The molecule has 18 heavy (non-hydrogen) atoms. The second-order valence-corrected chi connectivity index (χ2v) is 8.08. The fourth-order valence-electron chi connectivity index (χ4n) is 3.23. The normalized spacial score (nSPS) is 16.8. The van der Waals surface area contributed by atoms with Gasteiger partial charge in [-0.05, 0) is 42.1 Å². The molecule has 2 heteroatoms. The Kier molecular flexibility index (Phi) is 5.64. The predicted octanol–water partition coefficient (Wildman–Crippen LogP) is 5.30. The van der Waals surface area contributed by atoms with Gasteiger partial charge in [0.05, 0.1) is 0 Å². The molecule has 108 valence electrons. The summed E-state index contributed by atoms with van der Waals surface area (Å²) in [5.74, 6) is 0.299. The van der Waals surface area contributed by atoms with Crippen molar-refractivity contribution in [2.45, 2.75) is 73.8 Å². The Morgan fingerprint density at radius 1 is 1.06 bits per heavy atom. The van der Waals surface area contributed by atoms with Crippen molar-refractivity contribution in [3.63, 3.8) is 0 Å². The lowest BCUT2D eigenvalue weighted by atomic mass is 9.69. The summed E-state index contributed by atoms with van der Waals surface area (Å²) in [4.78, 5) is 4.81. The molecule has 2 nitrogen and oxygen atoms in total. The second kappa shape index (κ2) is 5.75. The van der Waals surface area contributed by atoms with E-state index >= 15 is 0 Å². The molecule has 0 aliphatic carbocycles. The number of hydrogen-bond acceptors (Lipinski definition) is 2. The summed E-state index contributed by atoms with van der Waals surface area (Å²) in [5.41, 5.74) is 0.641. The van der Waals surface area contributed by atoms with Gasteiger partial charge < -0.3 is 0 Å². The first-order valence-corrected chi connectivity index (χ1v) is 6.85. The standard InChI is InChI=1S/C16H32O2/c1-12(2)13(3)16(9,18-17)11-15(7,8)10-14(4,5)6/h12,17H,3,10-11H2,1-2,4-9H3. The van der Waals surface area contributed by atoms with Gasteiger partial charge in [-0.25, -0.2) is 4.89 Å². The van der Waals surface area contributed by atoms with E-state index in [1.54, 1.807) is 0 Å². The van der Waals surface area contributed by atoms with Crippen molar-refractivity contribution in [3.05, 3.63) is 12.2 Å². The van der Waals surface area contributed by atoms with Crippen LogP contribution in [0.5, 0.6) is 0 Å². The quantitative estimate of drug-likeness (QED) is 0.397. The molecule has 0 saturated carbocycles. The Bertz CT molecular complexity index is 284. The summed E-state index contributed by atoms with van der Waals surface area (Å²) in [6.45, 7) is 21.4. The zero-order valence-electron chi connectivity index (χ0n) is 13.6. The summed E-state index contributed by atoms with van der Waals surface area (Å²) in [6, 6.07) is 0. The molecule has 0 spiro atoms. The monoisotopic (exact) mass is 256 g/mol. The highest BCUT2D eigenvalue weighted by Crippen LogP contribution is 2.43. The minimum atomic E-state index is -0.664. The van der Waals surface area contributed by atoms with E-state index in [2.05, 4.69) is 55.0 Å². The van der Waals surface area contributed by atoms with Crippen molar-refractivity contribution in [3.8, 4) is 0 Å². The fourth-order valence-corrected chi connectivity index (χ4v) is 3.23. The number of hydrogen-bond donors (Lipinski definition) is 1. The van der Waals surface area contributed by atoms with Crippen LogP contribution in [0.25, 0.3) is 0 Å². The van der Waals surface area contributed by atoms with Gasteiger partial charge in [-0.1, -0.05) is 55.0 Å². The zero-order valence-corrected chi connectivity index (χ0v) is 13.6. The van der Waals surface area contributed by atoms with Crippen LogP contribution in [0.4, 0.5) is 0 Å². The van der Waals surface area contributed by atoms with E-state index < -0.39 is 5.60 Å². The lowest BCUT2D eigenvalue weighted by Crippen LogP contribution is -2.38. The molecule has 0 rings (SSSR count). The highest BCUT2D eigenvalue weighted by molar-refractivity contribution is 5.14. The molecule has 0 aromatic heterocycles. The van der Waals surface area contributed by atoms with Gasteiger partial charge in [-0.3, -0.25) is 5.26 Å². The van der Waals surface area contributed by atoms with E-state index in [1.807, 2.05) is 6.92 Å². The fraction of sp³-hybridized carbons (Fsp3) is 0.875. The highest BCUT2D eigenvalue weighted by Gasteiger charge is 2.38. The van der Waals surface area contributed by atoms with Crippen molar-refractivity contribution in [2.24, 2.45) is 16.7 Å². The van der Waals surface area contributed by atoms with Crippen LogP contribution in [0, 0.1) is 16.7 Å². The van der Waals surface area contributed by atoms with Crippen molar-refractivity contribution >= 4 is 0 Å². The van der Waals surface area contributed by atoms with Crippen LogP contribution in [-0.2, 0) is 4.89 Å². The first-order chi connectivity index (χ1) is 7.83. The maximum Gasteiger partial charge on any atom is 0.122 e. The minimum absolute atomic E-state index is 0.0908. The van der Waals surface area contributed by atoms with Crippen molar-refractivity contribution < 1.29 is 10.1 Å². The van der Waals surface area contributed by atoms with Crippen LogP contribution in [0.3, 0.4) is 0 Å². The molecule has 0 aromatic rings. The number of rotatable bonds is 6. The average molecular weight is 256 g/mol. The molecule has 0 amide bonds. The first-order valence-electron chi connectivity index (χ1n) is 6.85. The van der Waals surface area contributed by atoms with E-state index in [9.17, 15) is 5.26 Å². The molecule has 0 heterocycles. The van der Waals surface area contributed by atoms with Crippen LogP contribution in [-0.4, -0.2) is 10.9 Å². The van der Waals surface area contributed by atoms with Crippen molar-refractivity contribution in [2.75, 3.05) is 0 Å². The first kappa shape index (κ1) is 17.7. The van der Waals surface area contributed by atoms with Crippen LogP contribution >= 0.6 is 0 Å². The smallest absolute Gasteiger partial charge is 0.122 e. The maximum atomic E-state index is 9.31. The summed E-state index contributed by atoms with van der Waals surface area (Å²) in [6.07, 6.45) is 1.84. The van der Waals surface area contributed by atoms with Crippen LogP contribution in [0.15, 0.2) is 12.2 Å². The van der Waals surface area contributed by atoms with Gasteiger partial charge >= 0.3 is 0 Å². The third-order valence-electron chi connectivity index (χ3n) is 3.40. The SMILES string of the molecule is C=C(C(C)C)C(C)(CC(C)(C)CC(C)(C)C)OO. The van der Waals surface area contributed by atoms with Crippen LogP contribution < -0.4 is 0 Å². The molecule has 1 atom stereocenters. The van der Waals surface area contributed by atoms with Crippen molar-refractivity contribution in [1.82, 2.24) is 0 Å². The summed E-state index contributed by atoms with van der Waals surface area (Å²) >= 11 is 0. The van der Waals surface area contributed by atoms with E-state index in [0.29, 0.717) is 5.92 Å². The maximum absolute atomic E-state index is 9.31. The van der Waals surface area contributed by atoms with Crippen LogP contribution in [0.1, 0.15) is 68.2 Å². The molecular formula is C16H32O2. The summed E-state index contributed by atoms with van der Waals surface area (Å²) in [7, 11) is 0. The molecule has 0 aliphatic rings. The molecule has 0 fully saturated rings. The van der Waals surface area contributed by atoms with Gasteiger partial charge in [0.2, 0.25) is 0 Å². The third kappa shape index (κ3) is 5.53. The Balaban J connectivity index is 4.96. The van der Waals surface area contributed by atoms with Gasteiger partial charge in [0.15, 0.2) is 0 Å². The Labute approximate surface area is 113 Å². The molecule has 1 unspecified atom stereocenters. The molecular weight excluding hydrogens is 224 g/mol. The van der Waals surface area contributed by atoms with Gasteiger partial charge in [0.25, 0.3) is 0 Å². The Morgan fingerprint density at radius 2 is 1.50 bits per heavy atom. The zero-order chi connectivity index (χ0) is 14.8. The molecule has 0 radical (unpaired) electrons. The van der Waals surface area contributed by atoms with E-state index in [0.717, 1.165) is 18.4 Å². The van der Waals surface area contributed by atoms with E-state index in [-0.39, 0.29) is 10.8 Å².